The zero-order chi connectivity index (χ0) is 14.9. The summed E-state index contributed by atoms with van der Waals surface area (Å²) >= 11 is 0. The number of nitrogen functional groups attached to an aromatic ring is 1. The van der Waals surface area contributed by atoms with Gasteiger partial charge < -0.3 is 16.0 Å². The lowest BCUT2D eigenvalue weighted by molar-refractivity contribution is -0.123. The lowest BCUT2D eigenvalue weighted by atomic mass is 10.1. The largest absolute Gasteiger partial charge is 0.383 e. The first-order chi connectivity index (χ1) is 9.45. The Morgan fingerprint density at radius 3 is 2.75 bits per heavy atom. The van der Waals surface area contributed by atoms with Crippen LogP contribution in [0.1, 0.15) is 44.5 Å². The van der Waals surface area contributed by atoms with Crippen LogP contribution >= 0.6 is 0 Å². The molecular formula is C14H23N5O. The molecule has 1 aliphatic heterocycles. The van der Waals surface area contributed by atoms with E-state index in [1.165, 1.54) is 0 Å². The molecule has 0 aliphatic carbocycles. The van der Waals surface area contributed by atoms with Crippen molar-refractivity contribution >= 4 is 17.5 Å². The molecule has 2 rings (SSSR count). The number of anilines is 2. The minimum atomic E-state index is -0.184. The van der Waals surface area contributed by atoms with Gasteiger partial charge in [-0.3, -0.25) is 4.79 Å². The molecule has 6 heteroatoms. The van der Waals surface area contributed by atoms with Gasteiger partial charge in [0.1, 0.15) is 23.5 Å². The van der Waals surface area contributed by atoms with Crippen molar-refractivity contribution in [3.8, 4) is 0 Å². The van der Waals surface area contributed by atoms with E-state index in [2.05, 4.69) is 20.2 Å². The molecule has 0 saturated carbocycles. The average Bonchev–Trinajstić information content (AvgIpc) is 2.41. The molecule has 0 radical (unpaired) electrons. The first kappa shape index (κ1) is 14.6. The summed E-state index contributed by atoms with van der Waals surface area (Å²) in [5.41, 5.74) is 6.86. The Kier molecular flexibility index (Phi) is 4.11. The van der Waals surface area contributed by atoms with Crippen LogP contribution in [0, 0.1) is 6.92 Å². The number of nitrogens with one attached hydrogen (secondary N) is 1. The molecule has 1 aromatic rings. The Hall–Kier alpha value is -1.85. The van der Waals surface area contributed by atoms with Gasteiger partial charge in [0.25, 0.3) is 0 Å². The van der Waals surface area contributed by atoms with E-state index < -0.39 is 0 Å². The molecular weight excluding hydrogens is 254 g/mol. The Morgan fingerprint density at radius 1 is 1.45 bits per heavy atom. The molecule has 20 heavy (non-hydrogen) atoms. The SMILES string of the molecule is CCC1C(=O)NCCN1c1nc(C(C)C)nc(N)c1C. The van der Waals surface area contributed by atoms with Crippen molar-refractivity contribution in [2.75, 3.05) is 23.7 Å². The highest BCUT2D eigenvalue weighted by atomic mass is 16.2. The Balaban J connectivity index is 2.47. The van der Waals surface area contributed by atoms with Crippen molar-refractivity contribution in [3.63, 3.8) is 0 Å². The lowest BCUT2D eigenvalue weighted by Gasteiger charge is -2.36. The van der Waals surface area contributed by atoms with Crippen molar-refractivity contribution in [2.45, 2.75) is 46.1 Å². The molecule has 3 N–H and O–H groups in total. The third-order valence-electron chi connectivity index (χ3n) is 3.68. The van der Waals surface area contributed by atoms with E-state index >= 15 is 0 Å². The predicted octanol–water partition coefficient (Wildman–Crippen LogP) is 1.21. The van der Waals surface area contributed by atoms with E-state index in [9.17, 15) is 4.79 Å². The first-order valence-corrected chi connectivity index (χ1v) is 7.14. The molecule has 0 spiro atoms. The van der Waals surface area contributed by atoms with Gasteiger partial charge in [0.05, 0.1) is 0 Å². The van der Waals surface area contributed by atoms with Gasteiger partial charge in [-0.15, -0.1) is 0 Å². The van der Waals surface area contributed by atoms with E-state index in [1.54, 1.807) is 0 Å². The van der Waals surface area contributed by atoms with E-state index in [0.717, 1.165) is 30.2 Å². The van der Waals surface area contributed by atoms with Crippen LogP contribution in [-0.4, -0.2) is 35.0 Å². The standard InChI is InChI=1S/C14H23N5O/c1-5-10-14(20)16-6-7-19(10)13-9(4)11(15)17-12(18-13)8(2)3/h8,10H,5-7H2,1-4H3,(H,16,20)(H2,15,17,18). The minimum absolute atomic E-state index is 0.0569. The summed E-state index contributed by atoms with van der Waals surface area (Å²) in [5, 5.41) is 2.90. The minimum Gasteiger partial charge on any atom is -0.383 e. The summed E-state index contributed by atoms with van der Waals surface area (Å²) in [6, 6.07) is -0.184. The molecule has 0 bridgehead atoms. The molecule has 110 valence electrons. The normalized spacial score (nSPS) is 19.4. The van der Waals surface area contributed by atoms with Crippen molar-refractivity contribution < 1.29 is 4.79 Å². The molecule has 2 heterocycles. The summed E-state index contributed by atoms with van der Waals surface area (Å²) < 4.78 is 0. The van der Waals surface area contributed by atoms with Crippen LogP contribution in [0.25, 0.3) is 0 Å². The van der Waals surface area contributed by atoms with Crippen molar-refractivity contribution in [3.05, 3.63) is 11.4 Å². The lowest BCUT2D eigenvalue weighted by Crippen LogP contribution is -2.55. The molecule has 1 aliphatic rings. The Bertz CT molecular complexity index is 515. The van der Waals surface area contributed by atoms with E-state index in [-0.39, 0.29) is 17.9 Å². The quantitative estimate of drug-likeness (QED) is 0.867. The number of nitrogens with zero attached hydrogens (tertiary/aromatic N) is 3. The van der Waals surface area contributed by atoms with Gasteiger partial charge in [-0.05, 0) is 13.3 Å². The highest BCUT2D eigenvalue weighted by Crippen LogP contribution is 2.27. The van der Waals surface area contributed by atoms with Crippen LogP contribution in [0.5, 0.6) is 0 Å². The molecule has 1 amide bonds. The molecule has 1 aromatic heterocycles. The maximum atomic E-state index is 12.0. The number of amides is 1. The number of hydrogen-bond donors (Lipinski definition) is 2. The van der Waals surface area contributed by atoms with Gasteiger partial charge in [0.15, 0.2) is 0 Å². The fraction of sp³-hybridized carbons (Fsp3) is 0.643. The number of carbonyl (C=O) groups excluding carboxylic acids is 1. The highest BCUT2D eigenvalue weighted by Gasteiger charge is 2.30. The summed E-state index contributed by atoms with van der Waals surface area (Å²) in [6.07, 6.45) is 0.742. The fourth-order valence-electron chi connectivity index (χ4n) is 2.45. The van der Waals surface area contributed by atoms with Gasteiger partial charge in [-0.25, -0.2) is 9.97 Å². The Labute approximate surface area is 119 Å². The van der Waals surface area contributed by atoms with Crippen LogP contribution < -0.4 is 16.0 Å². The smallest absolute Gasteiger partial charge is 0.242 e. The molecule has 6 nitrogen and oxygen atoms in total. The molecule has 0 aromatic carbocycles. The van der Waals surface area contributed by atoms with Crippen LogP contribution in [-0.2, 0) is 4.79 Å². The average molecular weight is 277 g/mol. The van der Waals surface area contributed by atoms with Gasteiger partial charge >= 0.3 is 0 Å². The molecule has 1 unspecified atom stereocenters. The number of carbonyl (C=O) groups is 1. The second-order valence-corrected chi connectivity index (χ2v) is 5.48. The summed E-state index contributed by atoms with van der Waals surface area (Å²) in [6.45, 7) is 9.37. The van der Waals surface area contributed by atoms with E-state index in [1.807, 2.05) is 27.7 Å². The van der Waals surface area contributed by atoms with Gasteiger partial charge in [0, 0.05) is 24.6 Å². The predicted molar refractivity (Wildman–Crippen MR) is 79.7 cm³/mol. The molecule has 1 fully saturated rings. The highest BCUT2D eigenvalue weighted by molar-refractivity contribution is 5.86. The van der Waals surface area contributed by atoms with Crippen molar-refractivity contribution in [1.82, 2.24) is 15.3 Å². The van der Waals surface area contributed by atoms with Crippen LogP contribution in [0.4, 0.5) is 11.6 Å². The van der Waals surface area contributed by atoms with Crippen LogP contribution in [0.3, 0.4) is 0 Å². The maximum absolute atomic E-state index is 12.0. The molecule has 1 saturated heterocycles. The van der Waals surface area contributed by atoms with Crippen molar-refractivity contribution in [1.29, 1.82) is 0 Å². The molecule has 1 atom stereocenters. The fourth-order valence-corrected chi connectivity index (χ4v) is 2.45. The van der Waals surface area contributed by atoms with E-state index in [4.69, 9.17) is 5.73 Å². The zero-order valence-electron chi connectivity index (χ0n) is 12.6. The topological polar surface area (TPSA) is 84.1 Å². The third kappa shape index (κ3) is 2.55. The maximum Gasteiger partial charge on any atom is 0.242 e. The number of piperazine rings is 1. The van der Waals surface area contributed by atoms with Gasteiger partial charge in [-0.2, -0.15) is 0 Å². The second kappa shape index (κ2) is 5.64. The van der Waals surface area contributed by atoms with Gasteiger partial charge in [-0.1, -0.05) is 20.8 Å². The summed E-state index contributed by atoms with van der Waals surface area (Å²) in [5.74, 6) is 2.28. The van der Waals surface area contributed by atoms with Crippen LogP contribution in [0.15, 0.2) is 0 Å². The monoisotopic (exact) mass is 277 g/mol. The zero-order valence-corrected chi connectivity index (χ0v) is 12.6. The number of nitrogens with two attached hydrogens (primary N) is 1. The van der Waals surface area contributed by atoms with Crippen LogP contribution in [0.2, 0.25) is 0 Å². The number of rotatable bonds is 3. The Morgan fingerprint density at radius 2 is 2.15 bits per heavy atom. The van der Waals surface area contributed by atoms with E-state index in [0.29, 0.717) is 12.4 Å². The summed E-state index contributed by atoms with van der Waals surface area (Å²) in [4.78, 5) is 23.0. The van der Waals surface area contributed by atoms with Gasteiger partial charge in [0.2, 0.25) is 5.91 Å². The summed E-state index contributed by atoms with van der Waals surface area (Å²) in [7, 11) is 0. The first-order valence-electron chi connectivity index (χ1n) is 7.14. The number of aromatic nitrogens is 2. The second-order valence-electron chi connectivity index (χ2n) is 5.48. The third-order valence-corrected chi connectivity index (χ3v) is 3.68. The number of hydrogen-bond acceptors (Lipinski definition) is 5. The van der Waals surface area contributed by atoms with Crippen molar-refractivity contribution in [2.24, 2.45) is 0 Å².